The van der Waals surface area contributed by atoms with Gasteiger partial charge in [-0.25, -0.2) is 13.4 Å². The zero-order chi connectivity index (χ0) is 20.1. The summed E-state index contributed by atoms with van der Waals surface area (Å²) in [6.45, 7) is 2.83. The lowest BCUT2D eigenvalue weighted by Crippen LogP contribution is -2.32. The monoisotopic (exact) mass is 403 g/mol. The number of ether oxygens (including phenoxy) is 1. The number of benzene rings is 1. The lowest BCUT2D eigenvalue weighted by atomic mass is 10.2. The molecule has 0 saturated carbocycles. The minimum absolute atomic E-state index is 0.141. The molecule has 1 fully saturated rings. The lowest BCUT2D eigenvalue weighted by molar-refractivity contribution is 0.102. The Hall–Kier alpha value is -2.45. The summed E-state index contributed by atoms with van der Waals surface area (Å²) in [4.78, 5) is 16.9. The van der Waals surface area contributed by atoms with E-state index in [0.29, 0.717) is 24.5 Å². The maximum absolute atomic E-state index is 13.1. The number of nitrogens with zero attached hydrogens (tertiary/aromatic N) is 2. The average Bonchev–Trinajstić information content (AvgIpc) is 2.98. The van der Waals surface area contributed by atoms with Crippen molar-refractivity contribution >= 4 is 21.6 Å². The van der Waals surface area contributed by atoms with Gasteiger partial charge in [-0.05, 0) is 50.1 Å². The Morgan fingerprint density at radius 2 is 1.82 bits per heavy atom. The average molecular weight is 404 g/mol. The van der Waals surface area contributed by atoms with E-state index in [0.717, 1.165) is 31.4 Å². The van der Waals surface area contributed by atoms with E-state index in [1.165, 1.54) is 23.5 Å². The van der Waals surface area contributed by atoms with Crippen LogP contribution in [0, 0.1) is 6.92 Å². The number of carbonyl (C=O) groups is 1. The Kier molecular flexibility index (Phi) is 6.31. The van der Waals surface area contributed by atoms with Gasteiger partial charge in [0.25, 0.3) is 5.91 Å². The molecule has 1 aromatic heterocycles. The summed E-state index contributed by atoms with van der Waals surface area (Å²) in [6.07, 6.45) is 3.80. The van der Waals surface area contributed by atoms with Crippen LogP contribution in [0.1, 0.15) is 41.9 Å². The first-order valence-electron chi connectivity index (χ1n) is 9.35. The molecule has 0 atom stereocenters. The standard InChI is InChI=1S/C20H25N3O4S/c1-15-8-7-9-17(21-15)20(24)22-18-14-16(10-11-19(18)27-2)28(25,26)23-12-5-3-4-6-13-23/h7-11,14H,3-6,12-13H2,1-2H3,(H,22,24). The Balaban J connectivity index is 1.90. The maximum Gasteiger partial charge on any atom is 0.274 e. The van der Waals surface area contributed by atoms with Gasteiger partial charge < -0.3 is 10.1 Å². The molecule has 28 heavy (non-hydrogen) atoms. The van der Waals surface area contributed by atoms with Crippen molar-refractivity contribution in [2.24, 2.45) is 0 Å². The van der Waals surface area contributed by atoms with Gasteiger partial charge in [0.2, 0.25) is 10.0 Å². The molecule has 1 aliphatic rings. The molecular formula is C20H25N3O4S. The first-order chi connectivity index (χ1) is 13.4. The summed E-state index contributed by atoms with van der Waals surface area (Å²) >= 11 is 0. The summed E-state index contributed by atoms with van der Waals surface area (Å²) in [6, 6.07) is 9.67. The van der Waals surface area contributed by atoms with E-state index in [9.17, 15) is 13.2 Å². The number of sulfonamides is 1. The quantitative estimate of drug-likeness (QED) is 0.828. The van der Waals surface area contributed by atoms with E-state index < -0.39 is 15.9 Å². The molecule has 0 bridgehead atoms. The number of rotatable bonds is 5. The van der Waals surface area contributed by atoms with E-state index >= 15 is 0 Å². The lowest BCUT2D eigenvalue weighted by Gasteiger charge is -2.21. The number of aryl methyl sites for hydroxylation is 1. The summed E-state index contributed by atoms with van der Waals surface area (Å²) in [7, 11) is -2.16. The number of amides is 1. The molecule has 0 radical (unpaired) electrons. The van der Waals surface area contributed by atoms with E-state index in [-0.39, 0.29) is 10.6 Å². The summed E-state index contributed by atoms with van der Waals surface area (Å²) in [5.41, 5.74) is 1.27. The van der Waals surface area contributed by atoms with Crippen LogP contribution in [0.2, 0.25) is 0 Å². The molecule has 8 heteroatoms. The molecule has 150 valence electrons. The number of pyridine rings is 1. The third-order valence-electron chi connectivity index (χ3n) is 4.74. The third-order valence-corrected chi connectivity index (χ3v) is 6.64. The fourth-order valence-corrected chi connectivity index (χ4v) is 4.78. The predicted octanol–water partition coefficient (Wildman–Crippen LogP) is 3.22. The third kappa shape index (κ3) is 4.51. The second-order valence-electron chi connectivity index (χ2n) is 6.80. The van der Waals surface area contributed by atoms with Gasteiger partial charge in [0, 0.05) is 18.8 Å². The zero-order valence-corrected chi connectivity index (χ0v) is 17.0. The number of hydrogen-bond acceptors (Lipinski definition) is 5. The minimum Gasteiger partial charge on any atom is -0.495 e. The van der Waals surface area contributed by atoms with Crippen molar-refractivity contribution in [3.8, 4) is 5.75 Å². The van der Waals surface area contributed by atoms with E-state index in [1.54, 1.807) is 31.2 Å². The molecule has 0 spiro atoms. The van der Waals surface area contributed by atoms with Gasteiger partial charge in [-0.15, -0.1) is 0 Å². The summed E-state index contributed by atoms with van der Waals surface area (Å²) in [5, 5.41) is 2.72. The normalized spacial score (nSPS) is 15.6. The van der Waals surface area contributed by atoms with Crippen molar-refractivity contribution in [2.75, 3.05) is 25.5 Å². The van der Waals surface area contributed by atoms with Crippen molar-refractivity contribution in [1.29, 1.82) is 0 Å². The van der Waals surface area contributed by atoms with E-state index in [1.807, 2.05) is 0 Å². The van der Waals surface area contributed by atoms with Crippen molar-refractivity contribution < 1.29 is 17.9 Å². The molecule has 0 aliphatic carbocycles. The summed E-state index contributed by atoms with van der Waals surface area (Å²) in [5.74, 6) is -0.0397. The number of carbonyl (C=O) groups excluding carboxylic acids is 1. The van der Waals surface area contributed by atoms with Crippen LogP contribution in [-0.2, 0) is 10.0 Å². The van der Waals surface area contributed by atoms with Gasteiger partial charge in [-0.1, -0.05) is 18.9 Å². The number of aromatic nitrogens is 1. The Bertz CT molecular complexity index is 952. The minimum atomic E-state index is -3.63. The van der Waals surface area contributed by atoms with E-state index in [4.69, 9.17) is 4.74 Å². The fraction of sp³-hybridized carbons (Fsp3) is 0.400. The van der Waals surface area contributed by atoms with Gasteiger partial charge in [0.15, 0.2) is 0 Å². The number of nitrogens with one attached hydrogen (secondary N) is 1. The zero-order valence-electron chi connectivity index (χ0n) is 16.1. The highest BCUT2D eigenvalue weighted by Gasteiger charge is 2.26. The number of anilines is 1. The molecule has 1 N–H and O–H groups in total. The SMILES string of the molecule is COc1ccc(S(=O)(=O)N2CCCCCC2)cc1NC(=O)c1cccc(C)n1. The van der Waals surface area contributed by atoms with Crippen LogP contribution in [-0.4, -0.2) is 43.8 Å². The molecule has 2 heterocycles. The highest BCUT2D eigenvalue weighted by molar-refractivity contribution is 7.89. The number of methoxy groups -OCH3 is 1. The maximum atomic E-state index is 13.1. The van der Waals surface area contributed by atoms with Crippen molar-refractivity contribution in [2.45, 2.75) is 37.5 Å². The van der Waals surface area contributed by atoms with Crippen LogP contribution in [0.3, 0.4) is 0 Å². The van der Waals surface area contributed by atoms with Crippen LogP contribution in [0.4, 0.5) is 5.69 Å². The highest BCUT2D eigenvalue weighted by Crippen LogP contribution is 2.30. The first-order valence-corrected chi connectivity index (χ1v) is 10.8. The Morgan fingerprint density at radius 1 is 1.11 bits per heavy atom. The molecular weight excluding hydrogens is 378 g/mol. The van der Waals surface area contributed by atoms with Gasteiger partial charge in [0.1, 0.15) is 11.4 Å². The van der Waals surface area contributed by atoms with Crippen LogP contribution < -0.4 is 10.1 Å². The first kappa shape index (κ1) is 20.3. The number of hydrogen-bond donors (Lipinski definition) is 1. The Morgan fingerprint density at radius 3 is 2.46 bits per heavy atom. The molecule has 1 amide bonds. The molecule has 1 aromatic carbocycles. The van der Waals surface area contributed by atoms with Gasteiger partial charge in [-0.2, -0.15) is 4.31 Å². The molecule has 0 unspecified atom stereocenters. The van der Waals surface area contributed by atoms with Crippen molar-refractivity contribution in [1.82, 2.24) is 9.29 Å². The van der Waals surface area contributed by atoms with Crippen LogP contribution >= 0.6 is 0 Å². The summed E-state index contributed by atoms with van der Waals surface area (Å²) < 4.78 is 32.9. The predicted molar refractivity (Wildman–Crippen MR) is 107 cm³/mol. The van der Waals surface area contributed by atoms with Crippen LogP contribution in [0.5, 0.6) is 5.75 Å². The second-order valence-corrected chi connectivity index (χ2v) is 8.74. The molecule has 1 aliphatic heterocycles. The van der Waals surface area contributed by atoms with E-state index in [2.05, 4.69) is 10.3 Å². The van der Waals surface area contributed by atoms with Gasteiger partial charge >= 0.3 is 0 Å². The molecule has 3 rings (SSSR count). The highest BCUT2D eigenvalue weighted by atomic mass is 32.2. The van der Waals surface area contributed by atoms with Gasteiger partial charge in [0.05, 0.1) is 17.7 Å². The molecule has 7 nitrogen and oxygen atoms in total. The topological polar surface area (TPSA) is 88.6 Å². The van der Waals surface area contributed by atoms with Crippen LogP contribution in [0.15, 0.2) is 41.3 Å². The fourth-order valence-electron chi connectivity index (χ4n) is 3.23. The molecule has 2 aromatic rings. The largest absolute Gasteiger partial charge is 0.495 e. The smallest absolute Gasteiger partial charge is 0.274 e. The second kappa shape index (κ2) is 8.70. The van der Waals surface area contributed by atoms with Gasteiger partial charge in [-0.3, -0.25) is 4.79 Å². The van der Waals surface area contributed by atoms with Crippen LogP contribution in [0.25, 0.3) is 0 Å². The van der Waals surface area contributed by atoms with Crippen molar-refractivity contribution in [3.05, 3.63) is 47.8 Å². The van der Waals surface area contributed by atoms with Crippen molar-refractivity contribution in [3.63, 3.8) is 0 Å². The Labute approximate surface area is 165 Å². The molecule has 1 saturated heterocycles.